The summed E-state index contributed by atoms with van der Waals surface area (Å²) in [7, 11) is 0. The molecule has 0 radical (unpaired) electrons. The third-order valence-electron chi connectivity index (χ3n) is 5.65. The highest BCUT2D eigenvalue weighted by atomic mass is 19.1. The lowest BCUT2D eigenvalue weighted by atomic mass is 10.1. The van der Waals surface area contributed by atoms with E-state index in [-0.39, 0.29) is 36.3 Å². The summed E-state index contributed by atoms with van der Waals surface area (Å²) in [6.07, 6.45) is 0.0830. The minimum absolute atomic E-state index is 0.0830. The Balaban J connectivity index is 1.39. The number of rotatable bonds is 3. The van der Waals surface area contributed by atoms with E-state index in [1.165, 1.54) is 17.0 Å². The number of anilines is 2. The van der Waals surface area contributed by atoms with Gasteiger partial charge in [0.25, 0.3) is 0 Å². The number of benzene rings is 2. The van der Waals surface area contributed by atoms with Crippen molar-refractivity contribution in [3.05, 3.63) is 59.7 Å². The Bertz CT molecular complexity index is 941. The lowest BCUT2D eigenvalue weighted by molar-refractivity contribution is -0.136. The fraction of sp³-hybridized carbons (Fsp3) is 0.364. The van der Waals surface area contributed by atoms with Gasteiger partial charge in [0.2, 0.25) is 11.8 Å². The van der Waals surface area contributed by atoms with Gasteiger partial charge in [-0.1, -0.05) is 18.2 Å². The van der Waals surface area contributed by atoms with Crippen LogP contribution in [-0.4, -0.2) is 49.4 Å². The summed E-state index contributed by atoms with van der Waals surface area (Å²) in [4.78, 5) is 30.4. The number of piperazine rings is 1. The first-order valence-electron chi connectivity index (χ1n) is 9.79. The number of amides is 2. The molecule has 2 amide bonds. The van der Waals surface area contributed by atoms with Gasteiger partial charge in [0.15, 0.2) is 0 Å². The number of aryl methyl sites for hydroxylation is 1. The average Bonchev–Trinajstić information content (AvgIpc) is 3.09. The van der Waals surface area contributed by atoms with Crippen molar-refractivity contribution in [2.45, 2.75) is 13.3 Å². The zero-order valence-corrected chi connectivity index (χ0v) is 16.3. The summed E-state index contributed by atoms with van der Waals surface area (Å²) in [5.74, 6) is -1.55. The summed E-state index contributed by atoms with van der Waals surface area (Å²) in [5.41, 5.74) is 1.54. The van der Waals surface area contributed by atoms with Gasteiger partial charge >= 0.3 is 0 Å². The molecule has 0 N–H and O–H groups in total. The van der Waals surface area contributed by atoms with Crippen LogP contribution in [0.1, 0.15) is 12.0 Å². The third kappa shape index (κ3) is 3.81. The second-order valence-electron chi connectivity index (χ2n) is 7.62. The lowest BCUT2D eigenvalue weighted by Crippen LogP contribution is -2.51. The van der Waals surface area contributed by atoms with Crippen molar-refractivity contribution in [1.82, 2.24) is 4.90 Å². The van der Waals surface area contributed by atoms with E-state index in [1.54, 1.807) is 42.2 Å². The second kappa shape index (κ2) is 7.81. The Morgan fingerprint density at radius 1 is 0.966 bits per heavy atom. The molecule has 2 fully saturated rings. The van der Waals surface area contributed by atoms with Gasteiger partial charge in [-0.3, -0.25) is 9.59 Å². The normalized spacial score (nSPS) is 19.8. The SMILES string of the molecule is Cc1ccc(N2CC(C(=O)N3CCN(c4ccccc4F)CC3)CC2=O)c(F)c1. The van der Waals surface area contributed by atoms with Gasteiger partial charge in [0.05, 0.1) is 17.3 Å². The number of para-hydroxylation sites is 1. The van der Waals surface area contributed by atoms with Gasteiger partial charge in [-0.15, -0.1) is 0 Å². The molecule has 2 aromatic carbocycles. The molecule has 0 saturated carbocycles. The number of nitrogens with zero attached hydrogens (tertiary/aromatic N) is 3. The van der Waals surface area contributed by atoms with E-state index in [2.05, 4.69) is 0 Å². The topological polar surface area (TPSA) is 43.9 Å². The van der Waals surface area contributed by atoms with Crippen LogP contribution >= 0.6 is 0 Å². The van der Waals surface area contributed by atoms with Gasteiger partial charge in [0.1, 0.15) is 11.6 Å². The largest absolute Gasteiger partial charge is 0.366 e. The smallest absolute Gasteiger partial charge is 0.228 e. The molecule has 2 aromatic rings. The fourth-order valence-corrected chi connectivity index (χ4v) is 4.07. The van der Waals surface area contributed by atoms with E-state index in [1.807, 2.05) is 4.90 Å². The summed E-state index contributed by atoms with van der Waals surface area (Å²) >= 11 is 0. The van der Waals surface area contributed by atoms with Gasteiger partial charge in [-0.2, -0.15) is 0 Å². The van der Waals surface area contributed by atoms with Crippen LogP contribution in [-0.2, 0) is 9.59 Å². The molecule has 2 aliphatic heterocycles. The molecule has 0 aromatic heterocycles. The molecular weight excluding hydrogens is 376 g/mol. The first-order chi connectivity index (χ1) is 13.9. The maximum absolute atomic E-state index is 14.3. The number of hydrogen-bond acceptors (Lipinski definition) is 3. The number of hydrogen-bond donors (Lipinski definition) is 0. The first kappa shape index (κ1) is 19.4. The van der Waals surface area contributed by atoms with Crippen LogP contribution in [0.3, 0.4) is 0 Å². The van der Waals surface area contributed by atoms with Gasteiger partial charge in [-0.25, -0.2) is 8.78 Å². The zero-order valence-electron chi connectivity index (χ0n) is 16.3. The summed E-state index contributed by atoms with van der Waals surface area (Å²) < 4.78 is 28.3. The monoisotopic (exact) mass is 399 g/mol. The Morgan fingerprint density at radius 2 is 1.69 bits per heavy atom. The molecule has 0 spiro atoms. The fourth-order valence-electron chi connectivity index (χ4n) is 4.07. The lowest BCUT2D eigenvalue weighted by Gasteiger charge is -2.37. The Kier molecular flexibility index (Phi) is 5.22. The molecule has 2 aliphatic rings. The maximum Gasteiger partial charge on any atom is 0.228 e. The van der Waals surface area contributed by atoms with Crippen molar-refractivity contribution in [3.8, 4) is 0 Å². The molecule has 0 aliphatic carbocycles. The van der Waals surface area contributed by atoms with Crippen molar-refractivity contribution in [2.75, 3.05) is 42.5 Å². The van der Waals surface area contributed by atoms with Crippen LogP contribution in [0, 0.1) is 24.5 Å². The minimum atomic E-state index is -0.483. The van der Waals surface area contributed by atoms with Crippen LogP contribution in [0.4, 0.5) is 20.2 Å². The minimum Gasteiger partial charge on any atom is -0.366 e. The van der Waals surface area contributed by atoms with E-state index in [9.17, 15) is 18.4 Å². The third-order valence-corrected chi connectivity index (χ3v) is 5.65. The second-order valence-corrected chi connectivity index (χ2v) is 7.62. The molecule has 4 rings (SSSR count). The van der Waals surface area contributed by atoms with E-state index in [4.69, 9.17) is 0 Å². The van der Waals surface area contributed by atoms with Crippen molar-refractivity contribution in [3.63, 3.8) is 0 Å². The van der Waals surface area contributed by atoms with Crippen LogP contribution in [0.2, 0.25) is 0 Å². The molecule has 2 saturated heterocycles. The Hall–Kier alpha value is -2.96. The van der Waals surface area contributed by atoms with Crippen molar-refractivity contribution in [2.24, 2.45) is 5.92 Å². The van der Waals surface area contributed by atoms with Crippen molar-refractivity contribution < 1.29 is 18.4 Å². The quantitative estimate of drug-likeness (QED) is 0.797. The van der Waals surface area contributed by atoms with Crippen LogP contribution in [0.5, 0.6) is 0 Å². The van der Waals surface area contributed by atoms with E-state index < -0.39 is 11.7 Å². The molecule has 2 heterocycles. The Morgan fingerprint density at radius 3 is 2.38 bits per heavy atom. The van der Waals surface area contributed by atoms with Crippen molar-refractivity contribution >= 4 is 23.2 Å². The predicted octanol–water partition coefficient (Wildman–Crippen LogP) is 2.97. The van der Waals surface area contributed by atoms with Gasteiger partial charge in [-0.05, 0) is 36.8 Å². The van der Waals surface area contributed by atoms with E-state index in [0.29, 0.717) is 31.9 Å². The molecule has 1 atom stereocenters. The molecule has 5 nitrogen and oxygen atoms in total. The summed E-state index contributed by atoms with van der Waals surface area (Å²) in [6, 6.07) is 11.3. The maximum atomic E-state index is 14.3. The highest BCUT2D eigenvalue weighted by Gasteiger charge is 2.38. The summed E-state index contributed by atoms with van der Waals surface area (Å²) in [6.45, 7) is 3.97. The molecule has 1 unspecified atom stereocenters. The predicted molar refractivity (Wildman–Crippen MR) is 107 cm³/mol. The number of carbonyl (C=O) groups excluding carboxylic acids is 2. The van der Waals surface area contributed by atoms with Crippen LogP contribution < -0.4 is 9.80 Å². The molecule has 152 valence electrons. The first-order valence-corrected chi connectivity index (χ1v) is 9.79. The van der Waals surface area contributed by atoms with Gasteiger partial charge < -0.3 is 14.7 Å². The van der Waals surface area contributed by atoms with E-state index in [0.717, 1.165) is 5.56 Å². The zero-order chi connectivity index (χ0) is 20.5. The number of carbonyl (C=O) groups is 2. The van der Waals surface area contributed by atoms with E-state index >= 15 is 0 Å². The van der Waals surface area contributed by atoms with Gasteiger partial charge in [0, 0.05) is 39.1 Å². The molecule has 29 heavy (non-hydrogen) atoms. The summed E-state index contributed by atoms with van der Waals surface area (Å²) in [5, 5.41) is 0. The highest BCUT2D eigenvalue weighted by Crippen LogP contribution is 2.29. The highest BCUT2D eigenvalue weighted by molar-refractivity contribution is 6.00. The number of halogens is 2. The molecule has 7 heteroatoms. The van der Waals surface area contributed by atoms with Crippen molar-refractivity contribution in [1.29, 1.82) is 0 Å². The van der Waals surface area contributed by atoms with Crippen LogP contribution in [0.25, 0.3) is 0 Å². The van der Waals surface area contributed by atoms with Crippen LogP contribution in [0.15, 0.2) is 42.5 Å². The Labute approximate surface area is 168 Å². The molecular formula is C22H23F2N3O2. The molecule has 0 bridgehead atoms. The average molecular weight is 399 g/mol. The standard InChI is InChI=1S/C22H23F2N3O2/c1-15-6-7-20(18(24)12-15)27-14-16(13-21(27)28)22(29)26-10-8-25(9-11-26)19-5-3-2-4-17(19)23/h2-7,12,16H,8-11,13-14H2,1H3.